The number of hydrogen-bond acceptors (Lipinski definition) is 2. The Labute approximate surface area is 164 Å². The van der Waals surface area contributed by atoms with Crippen LogP contribution in [0.4, 0.5) is 0 Å². The Bertz CT molecular complexity index is 1190. The molecule has 3 heteroatoms. The van der Waals surface area contributed by atoms with Crippen LogP contribution in [0.25, 0.3) is 16.7 Å². The SMILES string of the molecule is OB(O)c1cccc2c1-c1ccccc1C21c2ccccc2C2=CC=CCC21. The molecule has 0 saturated carbocycles. The van der Waals surface area contributed by atoms with Gasteiger partial charge in [-0.3, -0.25) is 0 Å². The van der Waals surface area contributed by atoms with E-state index in [-0.39, 0.29) is 5.41 Å². The van der Waals surface area contributed by atoms with Gasteiger partial charge in [0.2, 0.25) is 0 Å². The molecule has 0 radical (unpaired) electrons. The number of allylic oxidation sites excluding steroid dienone is 4. The lowest BCUT2D eigenvalue weighted by Crippen LogP contribution is -2.35. The average molecular weight is 362 g/mol. The molecule has 134 valence electrons. The Hall–Kier alpha value is -2.88. The third kappa shape index (κ3) is 1.76. The van der Waals surface area contributed by atoms with Crippen LogP contribution < -0.4 is 5.46 Å². The molecule has 3 aliphatic rings. The maximum absolute atomic E-state index is 10.1. The van der Waals surface area contributed by atoms with Gasteiger partial charge in [-0.15, -0.1) is 0 Å². The summed E-state index contributed by atoms with van der Waals surface area (Å²) < 4.78 is 0. The van der Waals surface area contributed by atoms with Crippen LogP contribution >= 0.6 is 0 Å². The van der Waals surface area contributed by atoms with Crippen LogP contribution in [0, 0.1) is 5.92 Å². The van der Waals surface area contributed by atoms with Crippen LogP contribution in [0.5, 0.6) is 0 Å². The van der Waals surface area contributed by atoms with Crippen LogP contribution in [0.3, 0.4) is 0 Å². The zero-order valence-corrected chi connectivity index (χ0v) is 15.3. The van der Waals surface area contributed by atoms with Gasteiger partial charge in [0.15, 0.2) is 0 Å². The molecule has 0 saturated heterocycles. The lowest BCUT2D eigenvalue weighted by Gasteiger charge is -2.36. The molecule has 0 fully saturated rings. The molecule has 0 aromatic heterocycles. The Morgan fingerprint density at radius 1 is 0.786 bits per heavy atom. The van der Waals surface area contributed by atoms with Crippen molar-refractivity contribution >= 4 is 18.2 Å². The van der Waals surface area contributed by atoms with E-state index < -0.39 is 7.12 Å². The minimum absolute atomic E-state index is 0.288. The molecule has 0 aliphatic heterocycles. The highest BCUT2D eigenvalue weighted by Gasteiger charge is 2.56. The Morgan fingerprint density at radius 2 is 1.46 bits per heavy atom. The van der Waals surface area contributed by atoms with E-state index in [1.165, 1.54) is 27.8 Å². The first-order valence-corrected chi connectivity index (χ1v) is 9.80. The molecule has 3 aromatic rings. The molecule has 28 heavy (non-hydrogen) atoms. The van der Waals surface area contributed by atoms with E-state index >= 15 is 0 Å². The summed E-state index contributed by atoms with van der Waals surface area (Å²) >= 11 is 0. The smallest absolute Gasteiger partial charge is 0.423 e. The van der Waals surface area contributed by atoms with Crippen molar-refractivity contribution in [1.82, 2.24) is 0 Å². The number of hydrogen-bond donors (Lipinski definition) is 2. The molecular formula is C25H19BO2. The highest BCUT2D eigenvalue weighted by atomic mass is 16.4. The quantitative estimate of drug-likeness (QED) is 0.649. The second-order valence-corrected chi connectivity index (χ2v) is 7.88. The van der Waals surface area contributed by atoms with E-state index in [1.54, 1.807) is 0 Å². The predicted molar refractivity (Wildman–Crippen MR) is 113 cm³/mol. The van der Waals surface area contributed by atoms with Crippen molar-refractivity contribution in [2.45, 2.75) is 11.8 Å². The van der Waals surface area contributed by atoms with E-state index in [4.69, 9.17) is 0 Å². The van der Waals surface area contributed by atoms with Gasteiger partial charge in [0.25, 0.3) is 0 Å². The summed E-state index contributed by atoms with van der Waals surface area (Å²) in [4.78, 5) is 0. The van der Waals surface area contributed by atoms with Crippen molar-refractivity contribution in [3.05, 3.63) is 107 Å². The van der Waals surface area contributed by atoms with Crippen molar-refractivity contribution < 1.29 is 10.0 Å². The molecule has 2 N–H and O–H groups in total. The second kappa shape index (κ2) is 5.57. The second-order valence-electron chi connectivity index (χ2n) is 7.88. The van der Waals surface area contributed by atoms with Gasteiger partial charge < -0.3 is 10.0 Å². The van der Waals surface area contributed by atoms with E-state index in [1.807, 2.05) is 18.2 Å². The predicted octanol–water partition coefficient (Wildman–Crippen LogP) is 3.65. The van der Waals surface area contributed by atoms with Crippen molar-refractivity contribution in [3.63, 3.8) is 0 Å². The van der Waals surface area contributed by atoms with Crippen molar-refractivity contribution in [3.8, 4) is 11.1 Å². The molecule has 2 unspecified atom stereocenters. The minimum atomic E-state index is -1.49. The van der Waals surface area contributed by atoms with Crippen molar-refractivity contribution in [1.29, 1.82) is 0 Å². The molecular weight excluding hydrogens is 343 g/mol. The fraction of sp³-hybridized carbons (Fsp3) is 0.120. The maximum atomic E-state index is 10.1. The molecule has 0 heterocycles. The van der Waals surface area contributed by atoms with Gasteiger partial charge in [-0.05, 0) is 50.8 Å². The molecule has 3 aliphatic carbocycles. The zero-order valence-electron chi connectivity index (χ0n) is 15.3. The lowest BCUT2D eigenvalue weighted by molar-refractivity contribution is 0.426. The van der Waals surface area contributed by atoms with E-state index in [0.717, 1.165) is 17.5 Å². The summed E-state index contributed by atoms with van der Waals surface area (Å²) in [5.74, 6) is 0.309. The average Bonchev–Trinajstić information content (AvgIpc) is 3.21. The monoisotopic (exact) mass is 362 g/mol. The van der Waals surface area contributed by atoms with Crippen LogP contribution in [0.1, 0.15) is 28.7 Å². The maximum Gasteiger partial charge on any atom is 0.489 e. The molecule has 2 nitrogen and oxygen atoms in total. The van der Waals surface area contributed by atoms with Crippen LogP contribution in [-0.2, 0) is 5.41 Å². The van der Waals surface area contributed by atoms with E-state index in [0.29, 0.717) is 11.4 Å². The topological polar surface area (TPSA) is 40.5 Å². The Morgan fingerprint density at radius 3 is 2.25 bits per heavy atom. The molecule has 3 aromatic carbocycles. The minimum Gasteiger partial charge on any atom is -0.423 e. The lowest BCUT2D eigenvalue weighted by atomic mass is 9.64. The summed E-state index contributed by atoms with van der Waals surface area (Å²) in [6, 6.07) is 23.2. The van der Waals surface area contributed by atoms with Crippen LogP contribution in [0.15, 0.2) is 85.0 Å². The molecule has 2 atom stereocenters. The standard InChI is InChI=1S/C25H19BO2/c27-26(28)23-15-7-14-22-24(23)18-10-3-6-13-21(18)25(22)19-11-4-1-8-16(19)17-9-2-5-12-20(17)25/h1-11,13-15,20,27-28H,12H2. The highest BCUT2D eigenvalue weighted by Crippen LogP contribution is 2.64. The van der Waals surface area contributed by atoms with Crippen molar-refractivity contribution in [2.75, 3.05) is 0 Å². The first-order chi connectivity index (χ1) is 13.7. The van der Waals surface area contributed by atoms with Crippen LogP contribution in [-0.4, -0.2) is 17.2 Å². The number of benzene rings is 3. The van der Waals surface area contributed by atoms with Gasteiger partial charge >= 0.3 is 7.12 Å². The normalized spacial score (nSPS) is 23.1. The van der Waals surface area contributed by atoms with Crippen molar-refractivity contribution in [2.24, 2.45) is 5.92 Å². The van der Waals surface area contributed by atoms with E-state index in [9.17, 15) is 10.0 Å². The molecule has 6 rings (SSSR count). The third-order valence-corrected chi connectivity index (χ3v) is 6.77. The van der Waals surface area contributed by atoms with Gasteiger partial charge in [0, 0.05) is 5.92 Å². The summed E-state index contributed by atoms with van der Waals surface area (Å²) in [6.45, 7) is 0. The van der Waals surface area contributed by atoms with Gasteiger partial charge in [-0.1, -0.05) is 85.0 Å². The van der Waals surface area contributed by atoms with Gasteiger partial charge in [-0.2, -0.15) is 0 Å². The highest BCUT2D eigenvalue weighted by molar-refractivity contribution is 6.60. The van der Waals surface area contributed by atoms with Gasteiger partial charge in [0.1, 0.15) is 0 Å². The fourth-order valence-electron chi connectivity index (χ4n) is 5.85. The largest absolute Gasteiger partial charge is 0.489 e. The first kappa shape index (κ1) is 16.1. The summed E-state index contributed by atoms with van der Waals surface area (Å²) in [7, 11) is -1.49. The number of rotatable bonds is 1. The summed E-state index contributed by atoms with van der Waals surface area (Å²) in [5.41, 5.74) is 8.89. The zero-order chi connectivity index (χ0) is 18.9. The summed E-state index contributed by atoms with van der Waals surface area (Å²) in [6.07, 6.45) is 7.65. The molecule has 0 bridgehead atoms. The summed E-state index contributed by atoms with van der Waals surface area (Å²) in [5, 5.41) is 20.2. The molecule has 1 spiro atoms. The van der Waals surface area contributed by atoms with Crippen LogP contribution in [0.2, 0.25) is 0 Å². The van der Waals surface area contributed by atoms with E-state index in [2.05, 4.69) is 66.8 Å². The Balaban J connectivity index is 1.80. The van der Waals surface area contributed by atoms with Gasteiger partial charge in [0.05, 0.1) is 5.41 Å². The third-order valence-electron chi connectivity index (χ3n) is 6.77. The molecule has 0 amide bonds. The fourth-order valence-corrected chi connectivity index (χ4v) is 5.85. The number of fused-ring (bicyclic) bond motifs is 10. The first-order valence-electron chi connectivity index (χ1n) is 9.80. The Kier molecular flexibility index (Phi) is 3.21. The van der Waals surface area contributed by atoms with Gasteiger partial charge in [-0.25, -0.2) is 0 Å².